The van der Waals surface area contributed by atoms with Crippen LogP contribution < -0.4 is 0 Å². The Hall–Kier alpha value is -2.42. The standard InChI is InChI=1S/C19H21FN2/c1-6-12(2)13(3)7-14(4)17-9-19(20)18(8-15(17)5)16-10-21-22-11-16/h6-11H,4H2,1-3,5H3,(H,21,22)/b12-6-,13-7-. The minimum atomic E-state index is -0.267. The molecular weight excluding hydrogens is 275 g/mol. The monoisotopic (exact) mass is 296 g/mol. The Morgan fingerprint density at radius 1 is 1.27 bits per heavy atom. The summed E-state index contributed by atoms with van der Waals surface area (Å²) in [5.41, 5.74) is 6.24. The number of benzene rings is 1. The molecule has 0 radical (unpaired) electrons. The van der Waals surface area contributed by atoms with E-state index in [1.807, 2.05) is 32.9 Å². The second-order valence-corrected chi connectivity index (χ2v) is 5.46. The summed E-state index contributed by atoms with van der Waals surface area (Å²) in [5.74, 6) is -0.267. The van der Waals surface area contributed by atoms with Crippen molar-refractivity contribution in [1.29, 1.82) is 0 Å². The normalized spacial score (nSPS) is 12.6. The largest absolute Gasteiger partial charge is 0.285 e. The first-order chi connectivity index (χ1) is 10.4. The van der Waals surface area contributed by atoms with Crippen LogP contribution in [0, 0.1) is 12.7 Å². The van der Waals surface area contributed by atoms with Crippen LogP contribution in [0.4, 0.5) is 4.39 Å². The lowest BCUT2D eigenvalue weighted by atomic mass is 9.95. The molecule has 2 rings (SSSR count). The van der Waals surface area contributed by atoms with E-state index in [0.717, 1.165) is 27.8 Å². The average molecular weight is 296 g/mol. The van der Waals surface area contributed by atoms with Crippen molar-refractivity contribution in [2.75, 3.05) is 0 Å². The third-order valence-corrected chi connectivity index (χ3v) is 3.91. The second-order valence-electron chi connectivity index (χ2n) is 5.46. The first-order valence-corrected chi connectivity index (χ1v) is 7.24. The van der Waals surface area contributed by atoms with Crippen LogP contribution >= 0.6 is 0 Å². The second kappa shape index (κ2) is 6.56. The summed E-state index contributed by atoms with van der Waals surface area (Å²) >= 11 is 0. The van der Waals surface area contributed by atoms with Gasteiger partial charge in [-0.3, -0.25) is 5.10 Å². The third-order valence-electron chi connectivity index (χ3n) is 3.91. The first kappa shape index (κ1) is 16.0. The summed E-state index contributed by atoms with van der Waals surface area (Å²) in [6, 6.07) is 3.39. The quantitative estimate of drug-likeness (QED) is 0.747. The van der Waals surface area contributed by atoms with Gasteiger partial charge in [0, 0.05) is 17.3 Å². The van der Waals surface area contributed by atoms with Gasteiger partial charge in [0.05, 0.1) is 6.20 Å². The van der Waals surface area contributed by atoms with E-state index in [9.17, 15) is 4.39 Å². The molecule has 114 valence electrons. The number of allylic oxidation sites excluding steroid dienone is 5. The number of halogens is 1. The fraction of sp³-hybridized carbons (Fsp3) is 0.211. The smallest absolute Gasteiger partial charge is 0.131 e. The number of nitrogens with one attached hydrogen (secondary N) is 1. The van der Waals surface area contributed by atoms with Gasteiger partial charge in [0.2, 0.25) is 0 Å². The van der Waals surface area contributed by atoms with Crippen molar-refractivity contribution in [3.8, 4) is 11.1 Å². The van der Waals surface area contributed by atoms with Crippen LogP contribution in [-0.4, -0.2) is 10.2 Å². The summed E-state index contributed by atoms with van der Waals surface area (Å²) in [7, 11) is 0. The predicted octanol–water partition coefficient (Wildman–Crippen LogP) is 5.45. The minimum absolute atomic E-state index is 0.267. The number of H-pyrrole nitrogens is 1. The summed E-state index contributed by atoms with van der Waals surface area (Å²) in [6.45, 7) is 12.1. The van der Waals surface area contributed by atoms with Crippen molar-refractivity contribution in [3.63, 3.8) is 0 Å². The first-order valence-electron chi connectivity index (χ1n) is 7.24. The topological polar surface area (TPSA) is 28.7 Å². The Morgan fingerprint density at radius 2 is 2.00 bits per heavy atom. The molecule has 0 bridgehead atoms. The number of hydrogen-bond donors (Lipinski definition) is 1. The Balaban J connectivity index is 2.42. The number of aromatic nitrogens is 2. The summed E-state index contributed by atoms with van der Waals surface area (Å²) < 4.78 is 14.4. The number of hydrogen-bond acceptors (Lipinski definition) is 1. The molecule has 0 unspecified atom stereocenters. The maximum atomic E-state index is 14.4. The van der Waals surface area contributed by atoms with Crippen LogP contribution in [0.1, 0.15) is 31.9 Å². The lowest BCUT2D eigenvalue weighted by Gasteiger charge is -2.11. The van der Waals surface area contributed by atoms with Crippen molar-refractivity contribution in [2.45, 2.75) is 27.7 Å². The molecule has 1 aromatic heterocycles. The maximum Gasteiger partial charge on any atom is 0.131 e. The predicted molar refractivity (Wildman–Crippen MR) is 90.9 cm³/mol. The van der Waals surface area contributed by atoms with Gasteiger partial charge in [0.25, 0.3) is 0 Å². The van der Waals surface area contributed by atoms with Gasteiger partial charge in [-0.1, -0.05) is 24.3 Å². The molecule has 0 spiro atoms. The van der Waals surface area contributed by atoms with Crippen LogP contribution in [0.5, 0.6) is 0 Å². The van der Waals surface area contributed by atoms with Crippen LogP contribution in [0.2, 0.25) is 0 Å². The molecule has 0 atom stereocenters. The lowest BCUT2D eigenvalue weighted by molar-refractivity contribution is 0.630. The number of nitrogens with zero attached hydrogens (tertiary/aromatic N) is 1. The lowest BCUT2D eigenvalue weighted by Crippen LogP contribution is -1.93. The van der Waals surface area contributed by atoms with E-state index in [1.165, 1.54) is 5.57 Å². The fourth-order valence-electron chi connectivity index (χ4n) is 2.33. The van der Waals surface area contributed by atoms with E-state index in [0.29, 0.717) is 5.56 Å². The molecule has 1 aromatic carbocycles. The van der Waals surface area contributed by atoms with E-state index in [2.05, 4.69) is 29.8 Å². The summed E-state index contributed by atoms with van der Waals surface area (Å²) in [4.78, 5) is 0. The zero-order valence-corrected chi connectivity index (χ0v) is 13.5. The van der Waals surface area contributed by atoms with E-state index in [1.54, 1.807) is 18.5 Å². The van der Waals surface area contributed by atoms with E-state index in [-0.39, 0.29) is 5.82 Å². The zero-order valence-electron chi connectivity index (χ0n) is 13.5. The van der Waals surface area contributed by atoms with Crippen LogP contribution in [0.15, 0.2) is 54.4 Å². The Morgan fingerprint density at radius 3 is 2.59 bits per heavy atom. The number of aromatic amines is 1. The molecule has 1 N–H and O–H groups in total. The van der Waals surface area contributed by atoms with E-state index < -0.39 is 0 Å². The highest BCUT2D eigenvalue weighted by Gasteiger charge is 2.11. The molecule has 0 saturated heterocycles. The van der Waals surface area contributed by atoms with Gasteiger partial charge in [-0.15, -0.1) is 0 Å². The van der Waals surface area contributed by atoms with Gasteiger partial charge in [-0.25, -0.2) is 4.39 Å². The summed E-state index contributed by atoms with van der Waals surface area (Å²) in [6.07, 6.45) is 7.35. The minimum Gasteiger partial charge on any atom is -0.285 e. The van der Waals surface area contributed by atoms with Crippen molar-refractivity contribution in [2.24, 2.45) is 0 Å². The van der Waals surface area contributed by atoms with Crippen molar-refractivity contribution >= 4 is 5.57 Å². The molecule has 2 aromatic rings. The van der Waals surface area contributed by atoms with Crippen molar-refractivity contribution in [1.82, 2.24) is 10.2 Å². The third kappa shape index (κ3) is 3.25. The highest BCUT2D eigenvalue weighted by atomic mass is 19.1. The molecule has 22 heavy (non-hydrogen) atoms. The SMILES string of the molecule is C=C(/C=C(C)\C(C)=C/C)c1cc(F)c(-c2cn[nH]c2)cc1C. The summed E-state index contributed by atoms with van der Waals surface area (Å²) in [5, 5.41) is 6.58. The molecule has 3 heteroatoms. The van der Waals surface area contributed by atoms with Gasteiger partial charge in [-0.05, 0) is 62.1 Å². The van der Waals surface area contributed by atoms with Gasteiger partial charge >= 0.3 is 0 Å². The molecule has 0 fully saturated rings. The van der Waals surface area contributed by atoms with Crippen LogP contribution in [0.25, 0.3) is 16.7 Å². The van der Waals surface area contributed by atoms with Crippen LogP contribution in [-0.2, 0) is 0 Å². The highest BCUT2D eigenvalue weighted by Crippen LogP contribution is 2.29. The molecule has 2 nitrogen and oxygen atoms in total. The van der Waals surface area contributed by atoms with Gasteiger partial charge in [0.15, 0.2) is 0 Å². The molecule has 1 heterocycles. The molecule has 0 amide bonds. The Bertz CT molecular complexity index is 750. The molecule has 0 aliphatic heterocycles. The van der Waals surface area contributed by atoms with E-state index >= 15 is 0 Å². The van der Waals surface area contributed by atoms with E-state index in [4.69, 9.17) is 0 Å². The van der Waals surface area contributed by atoms with Crippen LogP contribution in [0.3, 0.4) is 0 Å². The van der Waals surface area contributed by atoms with Gasteiger partial charge in [0.1, 0.15) is 5.82 Å². The molecule has 0 aliphatic carbocycles. The number of rotatable bonds is 4. The molecule has 0 saturated carbocycles. The maximum absolute atomic E-state index is 14.4. The van der Waals surface area contributed by atoms with Crippen molar-refractivity contribution in [3.05, 3.63) is 71.3 Å². The number of aryl methyl sites for hydroxylation is 1. The average Bonchev–Trinajstić information content (AvgIpc) is 3.02. The Kier molecular flexibility index (Phi) is 4.76. The molecule has 0 aliphatic rings. The highest BCUT2D eigenvalue weighted by molar-refractivity contribution is 5.78. The molecular formula is C19H21FN2. The van der Waals surface area contributed by atoms with Gasteiger partial charge < -0.3 is 0 Å². The Labute approximate surface area is 131 Å². The van der Waals surface area contributed by atoms with Crippen molar-refractivity contribution < 1.29 is 4.39 Å². The van der Waals surface area contributed by atoms with Gasteiger partial charge in [-0.2, -0.15) is 5.10 Å². The fourth-order valence-corrected chi connectivity index (χ4v) is 2.33. The zero-order chi connectivity index (χ0) is 16.3.